The highest BCUT2D eigenvalue weighted by Gasteiger charge is 2.21. The van der Waals surface area contributed by atoms with Crippen molar-refractivity contribution >= 4 is 5.78 Å². The first kappa shape index (κ1) is 16.4. The number of ketones is 1. The van der Waals surface area contributed by atoms with E-state index in [0.29, 0.717) is 0 Å². The third-order valence-corrected chi connectivity index (χ3v) is 3.32. The number of hydrogen-bond donors (Lipinski definition) is 1. The summed E-state index contributed by atoms with van der Waals surface area (Å²) in [4.78, 5) is 11.3. The first-order valence-corrected chi connectivity index (χ1v) is 6.97. The predicted octanol–water partition coefficient (Wildman–Crippen LogP) is 4.23. The molecule has 1 rings (SSSR count). The Kier molecular flexibility index (Phi) is 6.40. The molecule has 0 saturated heterocycles. The van der Waals surface area contributed by atoms with Crippen molar-refractivity contribution in [3.05, 3.63) is 59.2 Å². The molecule has 2 nitrogen and oxygen atoms in total. The molecule has 0 aliphatic carbocycles. The summed E-state index contributed by atoms with van der Waals surface area (Å²) in [6.45, 7) is 7.53. The van der Waals surface area contributed by atoms with Crippen molar-refractivity contribution in [1.29, 1.82) is 0 Å². The van der Waals surface area contributed by atoms with Crippen molar-refractivity contribution in [2.75, 3.05) is 0 Å². The van der Waals surface area contributed by atoms with E-state index < -0.39 is 6.10 Å². The van der Waals surface area contributed by atoms with Crippen molar-refractivity contribution < 1.29 is 9.90 Å². The predicted molar refractivity (Wildman–Crippen MR) is 83.4 cm³/mol. The van der Waals surface area contributed by atoms with Crippen molar-refractivity contribution in [3.8, 4) is 0 Å². The molecule has 1 aromatic rings. The number of carbonyl (C=O) groups is 1. The molecule has 0 spiro atoms. The van der Waals surface area contributed by atoms with Gasteiger partial charge in [-0.3, -0.25) is 4.79 Å². The molecule has 108 valence electrons. The first-order valence-electron chi connectivity index (χ1n) is 6.97. The summed E-state index contributed by atoms with van der Waals surface area (Å²) in [5.41, 5.74) is 3.02. The van der Waals surface area contributed by atoms with Gasteiger partial charge in [-0.15, -0.1) is 0 Å². The normalized spacial score (nSPS) is 14.6. The van der Waals surface area contributed by atoms with Crippen LogP contribution in [0, 0.1) is 5.92 Å². The minimum atomic E-state index is -0.595. The van der Waals surface area contributed by atoms with Gasteiger partial charge in [0.1, 0.15) is 0 Å². The summed E-state index contributed by atoms with van der Waals surface area (Å²) in [5, 5.41) is 10.6. The molecule has 2 unspecified atom stereocenters. The summed E-state index contributed by atoms with van der Waals surface area (Å²) in [5.74, 6) is -0.0545. The van der Waals surface area contributed by atoms with Crippen molar-refractivity contribution in [3.63, 3.8) is 0 Å². The molecule has 20 heavy (non-hydrogen) atoms. The van der Waals surface area contributed by atoms with Gasteiger partial charge in [-0.1, -0.05) is 47.6 Å². The van der Waals surface area contributed by atoms with Crippen molar-refractivity contribution in [1.82, 2.24) is 0 Å². The second kappa shape index (κ2) is 7.81. The Hall–Kier alpha value is -1.67. The van der Waals surface area contributed by atoms with Crippen LogP contribution in [0.2, 0.25) is 0 Å². The minimum Gasteiger partial charge on any atom is -0.388 e. The molecule has 0 heterocycles. The van der Waals surface area contributed by atoms with Crippen LogP contribution in [-0.2, 0) is 4.79 Å². The van der Waals surface area contributed by atoms with Crippen molar-refractivity contribution in [2.45, 2.75) is 40.2 Å². The minimum absolute atomic E-state index is 0.0185. The van der Waals surface area contributed by atoms with Gasteiger partial charge < -0.3 is 5.11 Å². The Balaban J connectivity index is 3.04. The number of benzene rings is 1. The number of rotatable bonds is 6. The first-order chi connectivity index (χ1) is 9.41. The molecule has 0 bridgehead atoms. The van der Waals surface area contributed by atoms with E-state index in [2.05, 4.69) is 6.08 Å². The fraction of sp³-hybridized carbons (Fsp3) is 0.389. The highest BCUT2D eigenvalue weighted by Crippen LogP contribution is 2.31. The number of carbonyl (C=O) groups excluding carboxylic acids is 1. The lowest BCUT2D eigenvalue weighted by Gasteiger charge is -2.23. The van der Waals surface area contributed by atoms with Crippen LogP contribution in [0.5, 0.6) is 0 Å². The molecule has 0 aromatic heterocycles. The van der Waals surface area contributed by atoms with Gasteiger partial charge in [0, 0.05) is 5.92 Å². The van der Waals surface area contributed by atoms with Gasteiger partial charge in [0.15, 0.2) is 5.78 Å². The van der Waals surface area contributed by atoms with Gasteiger partial charge >= 0.3 is 0 Å². The topological polar surface area (TPSA) is 37.3 Å². The zero-order valence-electron chi connectivity index (χ0n) is 12.8. The smallest absolute Gasteiger partial charge is 0.152 e. The molecular weight excluding hydrogens is 248 g/mol. The van der Waals surface area contributed by atoms with Crippen LogP contribution in [-0.4, -0.2) is 10.9 Å². The molecular formula is C18H24O2. The van der Waals surface area contributed by atoms with E-state index in [4.69, 9.17) is 0 Å². The van der Waals surface area contributed by atoms with Crippen LogP contribution in [0.25, 0.3) is 0 Å². The maximum atomic E-state index is 11.3. The van der Waals surface area contributed by atoms with Crippen LogP contribution < -0.4 is 0 Å². The Morgan fingerprint density at radius 3 is 2.25 bits per heavy atom. The average molecular weight is 272 g/mol. The number of aliphatic hydroxyl groups excluding tert-OH is 1. The zero-order valence-corrected chi connectivity index (χ0v) is 12.8. The largest absolute Gasteiger partial charge is 0.388 e. The SMILES string of the molecule is CC(=O)/C=C(\C)C(CC=C(C)C)C(O)c1ccccc1. The number of hydrogen-bond acceptors (Lipinski definition) is 2. The van der Waals surface area contributed by atoms with E-state index in [1.54, 1.807) is 6.08 Å². The van der Waals surface area contributed by atoms with Crippen LogP contribution in [0.1, 0.15) is 45.8 Å². The van der Waals surface area contributed by atoms with Gasteiger partial charge in [0.05, 0.1) is 6.10 Å². The molecule has 0 aliphatic heterocycles. The fourth-order valence-electron chi connectivity index (χ4n) is 2.24. The highest BCUT2D eigenvalue weighted by atomic mass is 16.3. The maximum absolute atomic E-state index is 11.3. The van der Waals surface area contributed by atoms with Crippen LogP contribution >= 0.6 is 0 Å². The van der Waals surface area contributed by atoms with Gasteiger partial charge in [-0.05, 0) is 45.8 Å². The van der Waals surface area contributed by atoms with E-state index in [9.17, 15) is 9.90 Å². The zero-order chi connectivity index (χ0) is 15.1. The van der Waals surface area contributed by atoms with Crippen LogP contribution in [0.4, 0.5) is 0 Å². The quantitative estimate of drug-likeness (QED) is 0.621. The Labute approximate surface area is 121 Å². The summed E-state index contributed by atoms with van der Waals surface area (Å²) in [6, 6.07) is 9.60. The van der Waals surface area contributed by atoms with Gasteiger partial charge in [-0.25, -0.2) is 0 Å². The standard InChI is InChI=1S/C18H24O2/c1-13(2)10-11-17(14(3)12-15(4)19)18(20)16-8-6-5-7-9-16/h5-10,12,17-18,20H,11H2,1-4H3/b14-12+. The van der Waals surface area contributed by atoms with E-state index in [1.165, 1.54) is 12.5 Å². The summed E-state index contributed by atoms with van der Waals surface area (Å²) >= 11 is 0. The van der Waals surface area contributed by atoms with Gasteiger partial charge in [0.2, 0.25) is 0 Å². The lowest BCUT2D eigenvalue weighted by molar-refractivity contribution is -0.112. The lowest BCUT2D eigenvalue weighted by Crippen LogP contribution is -2.14. The molecule has 1 aromatic carbocycles. The summed E-state index contributed by atoms with van der Waals surface area (Å²) in [6.07, 6.45) is 3.86. The van der Waals surface area contributed by atoms with Crippen LogP contribution in [0.15, 0.2) is 53.6 Å². The molecule has 0 radical (unpaired) electrons. The second-order valence-corrected chi connectivity index (χ2v) is 5.48. The summed E-state index contributed by atoms with van der Waals surface area (Å²) in [7, 11) is 0. The lowest BCUT2D eigenvalue weighted by atomic mass is 9.86. The van der Waals surface area contributed by atoms with Crippen LogP contribution in [0.3, 0.4) is 0 Å². The van der Waals surface area contributed by atoms with E-state index >= 15 is 0 Å². The number of allylic oxidation sites excluding steroid dienone is 3. The average Bonchev–Trinajstić information content (AvgIpc) is 2.38. The Morgan fingerprint density at radius 2 is 1.75 bits per heavy atom. The van der Waals surface area contributed by atoms with Crippen molar-refractivity contribution in [2.24, 2.45) is 5.92 Å². The van der Waals surface area contributed by atoms with E-state index in [0.717, 1.165) is 17.6 Å². The highest BCUT2D eigenvalue weighted by molar-refractivity contribution is 5.87. The second-order valence-electron chi connectivity index (χ2n) is 5.48. The monoisotopic (exact) mass is 272 g/mol. The fourth-order valence-corrected chi connectivity index (χ4v) is 2.24. The third kappa shape index (κ3) is 5.14. The number of aliphatic hydroxyl groups is 1. The van der Waals surface area contributed by atoms with Gasteiger partial charge in [0.25, 0.3) is 0 Å². The molecule has 0 fully saturated rings. The van der Waals surface area contributed by atoms with E-state index in [-0.39, 0.29) is 11.7 Å². The molecule has 0 aliphatic rings. The maximum Gasteiger partial charge on any atom is 0.152 e. The summed E-state index contributed by atoms with van der Waals surface area (Å²) < 4.78 is 0. The molecule has 1 N–H and O–H groups in total. The molecule has 0 saturated carbocycles. The van der Waals surface area contributed by atoms with Gasteiger partial charge in [-0.2, -0.15) is 0 Å². The Bertz CT molecular complexity index is 493. The van der Waals surface area contributed by atoms with E-state index in [1.807, 2.05) is 51.1 Å². The Morgan fingerprint density at radius 1 is 1.15 bits per heavy atom. The third-order valence-electron chi connectivity index (χ3n) is 3.32. The molecule has 2 atom stereocenters. The molecule has 0 amide bonds. The molecule has 2 heteroatoms.